The second-order valence-corrected chi connectivity index (χ2v) is 4.58. The van der Waals surface area contributed by atoms with Crippen LogP contribution in [0.3, 0.4) is 0 Å². The van der Waals surface area contributed by atoms with Gasteiger partial charge in [-0.05, 0) is 48.2 Å². The van der Waals surface area contributed by atoms with Gasteiger partial charge in [-0.1, -0.05) is 30.3 Å². The van der Waals surface area contributed by atoms with Crippen molar-refractivity contribution in [1.82, 2.24) is 0 Å². The molecule has 94 valence electrons. The molecular weight excluding hydrogens is 222 g/mol. The second kappa shape index (κ2) is 5.69. The van der Waals surface area contributed by atoms with E-state index in [0.29, 0.717) is 0 Å². The largest absolute Gasteiger partial charge is 0.392 e. The van der Waals surface area contributed by atoms with E-state index in [9.17, 15) is 5.11 Å². The molecule has 2 nitrogen and oxygen atoms in total. The topological polar surface area (TPSA) is 32.3 Å². The number of rotatable bonds is 4. The number of aliphatic hydroxyl groups excluding tert-OH is 1. The first-order valence-corrected chi connectivity index (χ1v) is 6.19. The minimum absolute atomic E-state index is 0.0881. The average Bonchev–Trinajstić information content (AvgIpc) is 2.40. The van der Waals surface area contributed by atoms with E-state index in [2.05, 4.69) is 37.4 Å². The standard InChI is InChI=1S/C16H19NO/c1-12-7-8-16(9-13(12)2)17-10-14-5-3-4-6-15(14)11-18/h3-9,17-18H,10-11H2,1-2H3. The zero-order valence-electron chi connectivity index (χ0n) is 10.9. The van der Waals surface area contributed by atoms with Crippen LogP contribution in [0.1, 0.15) is 22.3 Å². The van der Waals surface area contributed by atoms with E-state index in [1.807, 2.05) is 24.3 Å². The first-order chi connectivity index (χ1) is 8.70. The van der Waals surface area contributed by atoms with Gasteiger partial charge in [0.05, 0.1) is 6.61 Å². The van der Waals surface area contributed by atoms with Crippen molar-refractivity contribution in [3.63, 3.8) is 0 Å². The highest BCUT2D eigenvalue weighted by molar-refractivity contribution is 5.48. The third kappa shape index (κ3) is 2.90. The quantitative estimate of drug-likeness (QED) is 0.859. The first kappa shape index (κ1) is 12.7. The van der Waals surface area contributed by atoms with Crippen LogP contribution in [0.15, 0.2) is 42.5 Å². The normalized spacial score (nSPS) is 10.4. The van der Waals surface area contributed by atoms with Crippen LogP contribution in [0.2, 0.25) is 0 Å². The molecule has 0 saturated carbocycles. The molecule has 2 N–H and O–H groups in total. The lowest BCUT2D eigenvalue weighted by molar-refractivity contribution is 0.280. The maximum Gasteiger partial charge on any atom is 0.0685 e. The summed E-state index contributed by atoms with van der Waals surface area (Å²) in [5.41, 5.74) is 5.82. The highest BCUT2D eigenvalue weighted by Gasteiger charge is 2.01. The lowest BCUT2D eigenvalue weighted by Crippen LogP contribution is -2.03. The van der Waals surface area contributed by atoms with Gasteiger partial charge in [0.15, 0.2) is 0 Å². The summed E-state index contributed by atoms with van der Waals surface area (Å²) in [6.07, 6.45) is 0. The number of hydrogen-bond acceptors (Lipinski definition) is 2. The van der Waals surface area contributed by atoms with Gasteiger partial charge >= 0.3 is 0 Å². The maximum atomic E-state index is 9.27. The summed E-state index contributed by atoms with van der Waals surface area (Å²) in [6, 6.07) is 14.3. The molecule has 2 heteroatoms. The molecule has 0 aliphatic heterocycles. The lowest BCUT2D eigenvalue weighted by atomic mass is 10.1. The molecule has 18 heavy (non-hydrogen) atoms. The van der Waals surface area contributed by atoms with E-state index in [1.54, 1.807) is 0 Å². The highest BCUT2D eigenvalue weighted by Crippen LogP contribution is 2.16. The molecule has 0 amide bonds. The van der Waals surface area contributed by atoms with Gasteiger partial charge in [0.2, 0.25) is 0 Å². The average molecular weight is 241 g/mol. The van der Waals surface area contributed by atoms with Gasteiger partial charge in [-0.25, -0.2) is 0 Å². The van der Waals surface area contributed by atoms with Gasteiger partial charge in [-0.2, -0.15) is 0 Å². The Labute approximate surface area is 108 Å². The summed E-state index contributed by atoms with van der Waals surface area (Å²) in [5, 5.41) is 12.7. The molecular formula is C16H19NO. The Kier molecular flexibility index (Phi) is 4.00. The predicted octanol–water partition coefficient (Wildman–Crippen LogP) is 3.41. The zero-order valence-corrected chi connectivity index (χ0v) is 10.9. The third-order valence-corrected chi connectivity index (χ3v) is 3.28. The molecule has 0 saturated heterocycles. The number of aryl methyl sites for hydroxylation is 2. The van der Waals surface area contributed by atoms with Crippen LogP contribution >= 0.6 is 0 Å². The summed E-state index contributed by atoms with van der Waals surface area (Å²) >= 11 is 0. The third-order valence-electron chi connectivity index (χ3n) is 3.28. The summed E-state index contributed by atoms with van der Waals surface area (Å²) in [6.45, 7) is 5.05. The van der Waals surface area contributed by atoms with Crippen molar-refractivity contribution in [2.24, 2.45) is 0 Å². The molecule has 0 fully saturated rings. The molecule has 0 aliphatic rings. The number of benzene rings is 2. The Hall–Kier alpha value is -1.80. The molecule has 2 aromatic carbocycles. The first-order valence-electron chi connectivity index (χ1n) is 6.19. The lowest BCUT2D eigenvalue weighted by Gasteiger charge is -2.11. The SMILES string of the molecule is Cc1ccc(NCc2ccccc2CO)cc1C. The van der Waals surface area contributed by atoms with Crippen LogP contribution < -0.4 is 5.32 Å². The van der Waals surface area contributed by atoms with Crippen LogP contribution in [0.25, 0.3) is 0 Å². The monoisotopic (exact) mass is 241 g/mol. The minimum atomic E-state index is 0.0881. The number of anilines is 1. The smallest absolute Gasteiger partial charge is 0.0685 e. The van der Waals surface area contributed by atoms with E-state index in [1.165, 1.54) is 11.1 Å². The van der Waals surface area contributed by atoms with E-state index in [4.69, 9.17) is 0 Å². The Morgan fingerprint density at radius 1 is 0.944 bits per heavy atom. The minimum Gasteiger partial charge on any atom is -0.392 e. The van der Waals surface area contributed by atoms with Crippen LogP contribution in [-0.4, -0.2) is 5.11 Å². The summed E-state index contributed by atoms with van der Waals surface area (Å²) in [4.78, 5) is 0. The summed E-state index contributed by atoms with van der Waals surface area (Å²) in [5.74, 6) is 0. The van der Waals surface area contributed by atoms with Crippen LogP contribution in [0.5, 0.6) is 0 Å². The van der Waals surface area contributed by atoms with Gasteiger partial charge in [0.25, 0.3) is 0 Å². The Bertz CT molecular complexity index is 534. The fraction of sp³-hybridized carbons (Fsp3) is 0.250. The van der Waals surface area contributed by atoms with Crippen LogP contribution in [0.4, 0.5) is 5.69 Å². The molecule has 0 heterocycles. The zero-order chi connectivity index (χ0) is 13.0. The van der Waals surface area contributed by atoms with Gasteiger partial charge in [0, 0.05) is 12.2 Å². The van der Waals surface area contributed by atoms with Crippen molar-refractivity contribution in [1.29, 1.82) is 0 Å². The van der Waals surface area contributed by atoms with Crippen molar-refractivity contribution in [3.8, 4) is 0 Å². The molecule has 0 spiro atoms. The van der Waals surface area contributed by atoms with E-state index >= 15 is 0 Å². The Morgan fingerprint density at radius 2 is 1.67 bits per heavy atom. The fourth-order valence-electron chi connectivity index (χ4n) is 1.93. The number of nitrogens with one attached hydrogen (secondary N) is 1. The van der Waals surface area contributed by atoms with E-state index in [-0.39, 0.29) is 6.61 Å². The molecule has 2 rings (SSSR count). The Balaban J connectivity index is 2.09. The molecule has 0 aromatic heterocycles. The van der Waals surface area contributed by atoms with Crippen molar-refractivity contribution >= 4 is 5.69 Å². The molecule has 2 aromatic rings. The summed E-state index contributed by atoms with van der Waals surface area (Å²) < 4.78 is 0. The molecule has 0 radical (unpaired) electrons. The highest BCUT2D eigenvalue weighted by atomic mass is 16.3. The number of aliphatic hydroxyl groups is 1. The Morgan fingerprint density at radius 3 is 2.33 bits per heavy atom. The van der Waals surface area contributed by atoms with E-state index in [0.717, 1.165) is 23.4 Å². The van der Waals surface area contributed by atoms with Crippen LogP contribution in [0, 0.1) is 13.8 Å². The van der Waals surface area contributed by atoms with Crippen molar-refractivity contribution in [3.05, 3.63) is 64.7 Å². The van der Waals surface area contributed by atoms with Crippen molar-refractivity contribution in [2.75, 3.05) is 5.32 Å². The van der Waals surface area contributed by atoms with Crippen LogP contribution in [-0.2, 0) is 13.2 Å². The predicted molar refractivity (Wildman–Crippen MR) is 75.6 cm³/mol. The van der Waals surface area contributed by atoms with Crippen molar-refractivity contribution < 1.29 is 5.11 Å². The molecule has 0 atom stereocenters. The molecule has 0 aliphatic carbocycles. The van der Waals surface area contributed by atoms with Gasteiger partial charge < -0.3 is 10.4 Å². The van der Waals surface area contributed by atoms with Crippen molar-refractivity contribution in [2.45, 2.75) is 27.0 Å². The van der Waals surface area contributed by atoms with Gasteiger partial charge in [-0.3, -0.25) is 0 Å². The molecule has 0 unspecified atom stereocenters. The number of hydrogen-bond donors (Lipinski definition) is 2. The van der Waals surface area contributed by atoms with Gasteiger partial charge in [-0.15, -0.1) is 0 Å². The van der Waals surface area contributed by atoms with E-state index < -0.39 is 0 Å². The molecule has 0 bridgehead atoms. The van der Waals surface area contributed by atoms with Gasteiger partial charge in [0.1, 0.15) is 0 Å². The maximum absolute atomic E-state index is 9.27. The fourth-order valence-corrected chi connectivity index (χ4v) is 1.93. The summed E-state index contributed by atoms with van der Waals surface area (Å²) in [7, 11) is 0. The second-order valence-electron chi connectivity index (χ2n) is 4.58.